The number of fused-ring (bicyclic) bond motifs is 1. The maximum absolute atomic E-state index is 14.0. The number of carbonyl (C=O) groups excluding carboxylic acids is 1. The number of aromatic nitrogens is 2. The predicted octanol–water partition coefficient (Wildman–Crippen LogP) is 6.33. The third-order valence-corrected chi connectivity index (χ3v) is 12.1. The molecule has 1 saturated carbocycles. The molecule has 1 aliphatic carbocycles. The molecule has 2 N–H and O–H groups in total. The fraction of sp³-hybridized carbons (Fsp3) is 0.575. The number of benzene rings is 1. The maximum Gasteiger partial charge on any atom is 0.261 e. The van der Waals surface area contributed by atoms with Gasteiger partial charge in [-0.3, -0.25) is 14.5 Å². The molecule has 1 aromatic carbocycles. The number of amides is 1. The third kappa shape index (κ3) is 7.98. The molecule has 0 radical (unpaired) electrons. The smallest absolute Gasteiger partial charge is 0.261 e. The normalized spacial score (nSPS) is 25.9. The summed E-state index contributed by atoms with van der Waals surface area (Å²) in [5, 5.41) is 2.99. The number of nitrogens with one attached hydrogen (secondary N) is 2. The van der Waals surface area contributed by atoms with Crippen LogP contribution in [-0.4, -0.2) is 96.4 Å². The number of thioether (sulfide) groups is 1. The summed E-state index contributed by atoms with van der Waals surface area (Å²) in [5.74, 6) is 0.758. The second kappa shape index (κ2) is 15.8. The van der Waals surface area contributed by atoms with Crippen LogP contribution in [0.1, 0.15) is 73.6 Å². The van der Waals surface area contributed by atoms with E-state index in [9.17, 15) is 18.4 Å². The quantitative estimate of drug-likeness (QED) is 0.215. The molecule has 54 heavy (non-hydrogen) atoms. The average Bonchev–Trinajstić information content (AvgIpc) is 3.49. The number of aromatic amines is 1. The van der Waals surface area contributed by atoms with E-state index in [1.54, 1.807) is 0 Å². The lowest BCUT2D eigenvalue weighted by Gasteiger charge is -2.47. The van der Waals surface area contributed by atoms with Crippen molar-refractivity contribution < 1.29 is 32.5 Å². The molecule has 3 aromatic rings. The Kier molecular flexibility index (Phi) is 11.3. The monoisotopic (exact) mass is 767 g/mol. The number of halogens is 2. The second-order valence-electron chi connectivity index (χ2n) is 15.4. The van der Waals surface area contributed by atoms with Crippen molar-refractivity contribution in [2.75, 3.05) is 43.9 Å². The topological polar surface area (TPSA) is 118 Å². The minimum absolute atomic E-state index is 0.0670. The van der Waals surface area contributed by atoms with E-state index in [0.717, 1.165) is 60.7 Å². The van der Waals surface area contributed by atoms with Crippen LogP contribution < -0.4 is 25.2 Å². The Morgan fingerprint density at radius 2 is 1.78 bits per heavy atom. The lowest BCUT2D eigenvalue weighted by Crippen LogP contribution is -2.58. The minimum atomic E-state index is -2.45. The first-order valence-corrected chi connectivity index (χ1v) is 20.2. The van der Waals surface area contributed by atoms with Crippen molar-refractivity contribution in [2.24, 2.45) is 5.92 Å². The summed E-state index contributed by atoms with van der Waals surface area (Å²) in [5.41, 5.74) is 3.61. The third-order valence-electron chi connectivity index (χ3n) is 11.3. The standard InChI is InChI=1S/C40H51F2N5O6S/c1-22-13-33(54-6)32(39(49)45-22)16-44-38(48)30-14-31(26-7-12-35(43-15-26)47-17-23(2)51-24(3)18-47)37-36(25(30)4)52-40(5,53-37)27-8-10-28(11-9-27)46-19-29(20-46)50-21-34(41)42/h7,12-15,23-24,27-29,34H,8-11,16-21H2,1-6H3,(H,44,48)(H,45,49)/t23-,24+,27?,28?,40?. The number of alkyl halides is 2. The van der Waals surface area contributed by atoms with Gasteiger partial charge in [-0.05, 0) is 83.9 Å². The highest BCUT2D eigenvalue weighted by Crippen LogP contribution is 2.53. The molecule has 2 aromatic heterocycles. The number of hydrogen-bond donors (Lipinski definition) is 2. The zero-order valence-electron chi connectivity index (χ0n) is 31.9. The Morgan fingerprint density at radius 1 is 1.07 bits per heavy atom. The Hall–Kier alpha value is -3.72. The Morgan fingerprint density at radius 3 is 2.43 bits per heavy atom. The zero-order valence-corrected chi connectivity index (χ0v) is 32.7. The zero-order chi connectivity index (χ0) is 38.3. The molecule has 3 fully saturated rings. The van der Waals surface area contributed by atoms with Gasteiger partial charge in [0.1, 0.15) is 12.4 Å². The SMILES string of the molecule is CSc1cc(C)[nH]c(=O)c1CNC(=O)c1cc(-c2ccc(N3C[C@@H](C)O[C@@H](C)C3)nc2)c2c(c1C)OC(C)(C1CCC(N3CC(OCC(F)F)C3)CC1)O2. The van der Waals surface area contributed by atoms with E-state index in [0.29, 0.717) is 52.9 Å². The van der Waals surface area contributed by atoms with Crippen molar-refractivity contribution in [3.63, 3.8) is 0 Å². The summed E-state index contributed by atoms with van der Waals surface area (Å²) in [6.45, 7) is 12.2. The lowest BCUT2D eigenvalue weighted by molar-refractivity contribution is -0.135. The van der Waals surface area contributed by atoms with Crippen LogP contribution in [0.25, 0.3) is 11.1 Å². The van der Waals surface area contributed by atoms with Gasteiger partial charge in [-0.15, -0.1) is 11.8 Å². The van der Waals surface area contributed by atoms with Crippen LogP contribution in [0.4, 0.5) is 14.6 Å². The molecular formula is C40H51F2N5O6S. The predicted molar refractivity (Wildman–Crippen MR) is 204 cm³/mol. The van der Waals surface area contributed by atoms with Gasteiger partial charge in [-0.25, -0.2) is 13.8 Å². The number of hydrogen-bond acceptors (Lipinski definition) is 10. The largest absolute Gasteiger partial charge is 0.448 e. The van der Waals surface area contributed by atoms with Gasteiger partial charge < -0.3 is 34.1 Å². The number of H-pyrrole nitrogens is 1. The van der Waals surface area contributed by atoms with Crippen molar-refractivity contribution >= 4 is 23.5 Å². The number of carbonyl (C=O) groups is 1. The summed E-state index contributed by atoms with van der Waals surface area (Å²) < 4.78 is 50.1. The van der Waals surface area contributed by atoms with Crippen LogP contribution in [-0.2, 0) is 16.0 Å². The van der Waals surface area contributed by atoms with Crippen LogP contribution in [0.15, 0.2) is 40.2 Å². The Balaban J connectivity index is 1.13. The summed E-state index contributed by atoms with van der Waals surface area (Å²) in [7, 11) is 0. The van der Waals surface area contributed by atoms with Gasteiger partial charge in [-0.1, -0.05) is 0 Å². The highest BCUT2D eigenvalue weighted by atomic mass is 32.2. The molecule has 4 aliphatic rings. The summed E-state index contributed by atoms with van der Waals surface area (Å²) in [6.07, 6.45) is 4.93. The van der Waals surface area contributed by atoms with Crippen LogP contribution in [0, 0.1) is 19.8 Å². The van der Waals surface area contributed by atoms with Gasteiger partial charge in [0, 0.05) is 96.2 Å². The molecule has 0 bridgehead atoms. The Labute approximate surface area is 319 Å². The van der Waals surface area contributed by atoms with Gasteiger partial charge in [0.15, 0.2) is 11.5 Å². The van der Waals surface area contributed by atoms with E-state index >= 15 is 0 Å². The number of likely N-dealkylation sites (tertiary alicyclic amines) is 1. The van der Waals surface area contributed by atoms with Crippen LogP contribution in [0.3, 0.4) is 0 Å². The molecule has 5 heterocycles. The highest BCUT2D eigenvalue weighted by Gasteiger charge is 2.48. The van der Waals surface area contributed by atoms with Crippen molar-refractivity contribution in [3.05, 3.63) is 63.2 Å². The van der Waals surface area contributed by atoms with Gasteiger partial charge in [0.05, 0.1) is 18.3 Å². The van der Waals surface area contributed by atoms with Gasteiger partial charge in [0.25, 0.3) is 23.7 Å². The number of nitrogens with zero attached hydrogens (tertiary/aromatic N) is 3. The van der Waals surface area contributed by atoms with Crippen molar-refractivity contribution in [3.8, 4) is 22.6 Å². The van der Waals surface area contributed by atoms with Crippen molar-refractivity contribution in [1.82, 2.24) is 20.2 Å². The molecule has 0 spiro atoms. The van der Waals surface area contributed by atoms with Crippen LogP contribution >= 0.6 is 11.8 Å². The summed E-state index contributed by atoms with van der Waals surface area (Å²) >= 11 is 1.47. The molecule has 3 aliphatic heterocycles. The first kappa shape index (κ1) is 38.6. The molecule has 11 nitrogen and oxygen atoms in total. The van der Waals surface area contributed by atoms with E-state index in [-0.39, 0.29) is 42.2 Å². The van der Waals surface area contributed by atoms with E-state index in [1.165, 1.54) is 11.8 Å². The maximum atomic E-state index is 14.0. The van der Waals surface area contributed by atoms with E-state index in [1.807, 2.05) is 57.5 Å². The van der Waals surface area contributed by atoms with Crippen LogP contribution in [0.2, 0.25) is 0 Å². The molecular weight excluding hydrogens is 717 g/mol. The minimum Gasteiger partial charge on any atom is -0.448 e. The number of ether oxygens (including phenoxy) is 4. The van der Waals surface area contributed by atoms with E-state index in [4.69, 9.17) is 23.9 Å². The van der Waals surface area contributed by atoms with E-state index < -0.39 is 18.8 Å². The van der Waals surface area contributed by atoms with Crippen LogP contribution in [0.5, 0.6) is 11.5 Å². The molecule has 3 atom stereocenters. The number of pyridine rings is 2. The number of morpholine rings is 1. The molecule has 1 amide bonds. The molecule has 7 rings (SSSR count). The molecule has 2 saturated heterocycles. The summed E-state index contributed by atoms with van der Waals surface area (Å²) in [6, 6.07) is 8.12. The molecule has 14 heteroatoms. The van der Waals surface area contributed by atoms with Gasteiger partial charge in [-0.2, -0.15) is 0 Å². The number of aryl methyl sites for hydroxylation is 1. The number of anilines is 1. The lowest BCUT2D eigenvalue weighted by atomic mass is 9.80. The Bertz CT molecular complexity index is 1890. The van der Waals surface area contributed by atoms with Crippen molar-refractivity contribution in [2.45, 2.75) is 108 Å². The fourth-order valence-electron chi connectivity index (χ4n) is 8.44. The number of rotatable bonds is 11. The highest BCUT2D eigenvalue weighted by molar-refractivity contribution is 7.98. The fourth-order valence-corrected chi connectivity index (χ4v) is 9.15. The second-order valence-corrected chi connectivity index (χ2v) is 16.2. The summed E-state index contributed by atoms with van der Waals surface area (Å²) in [4.78, 5) is 39.9. The van der Waals surface area contributed by atoms with Gasteiger partial charge in [0.2, 0.25) is 0 Å². The first-order valence-electron chi connectivity index (χ1n) is 18.9. The average molecular weight is 768 g/mol. The molecule has 1 unspecified atom stereocenters. The van der Waals surface area contributed by atoms with E-state index in [2.05, 4.69) is 33.9 Å². The van der Waals surface area contributed by atoms with Gasteiger partial charge >= 0.3 is 0 Å². The first-order chi connectivity index (χ1) is 25.8. The molecule has 292 valence electrons. The van der Waals surface area contributed by atoms with Crippen molar-refractivity contribution in [1.29, 1.82) is 0 Å².